The van der Waals surface area contributed by atoms with E-state index in [0.29, 0.717) is 5.56 Å². The van der Waals surface area contributed by atoms with Crippen LogP contribution in [0.25, 0.3) is 0 Å². The van der Waals surface area contributed by atoms with Crippen LogP contribution in [-0.4, -0.2) is 20.4 Å². The monoisotopic (exact) mass is 254 g/mol. The lowest BCUT2D eigenvalue weighted by Gasteiger charge is -2.14. The second-order valence-corrected chi connectivity index (χ2v) is 5.81. The average molecular weight is 254 g/mol. The third-order valence-electron chi connectivity index (χ3n) is 2.59. The number of hydrogen-bond donors (Lipinski definition) is 2. The molecule has 3 N–H and O–H groups in total. The molecule has 1 aromatic rings. The van der Waals surface area contributed by atoms with Crippen molar-refractivity contribution >= 4 is 15.9 Å². The number of nitrogens with one attached hydrogen (secondary N) is 1. The molecule has 1 unspecified atom stereocenters. The molecule has 0 spiro atoms. The summed E-state index contributed by atoms with van der Waals surface area (Å²) in [5.41, 5.74) is 0.396. The zero-order valence-electron chi connectivity index (χ0n) is 9.17. The van der Waals surface area contributed by atoms with Gasteiger partial charge in [0.2, 0.25) is 15.9 Å². The van der Waals surface area contributed by atoms with Gasteiger partial charge in [0.05, 0.1) is 0 Å². The number of nitrogens with two attached hydrogens (primary N) is 1. The lowest BCUT2D eigenvalue weighted by molar-refractivity contribution is -0.120. The van der Waals surface area contributed by atoms with E-state index in [-0.39, 0.29) is 6.04 Å². The fourth-order valence-electron chi connectivity index (χ4n) is 1.62. The average Bonchev–Trinajstić information content (AvgIpc) is 3.01. The third-order valence-corrected chi connectivity index (χ3v) is 3.74. The topological polar surface area (TPSA) is 89.3 Å². The normalized spacial score (nSPS) is 17.5. The summed E-state index contributed by atoms with van der Waals surface area (Å²) in [5, 5.41) is 6.47. The first kappa shape index (κ1) is 12.1. The van der Waals surface area contributed by atoms with Crippen LogP contribution in [0.15, 0.2) is 30.3 Å². The van der Waals surface area contributed by atoms with Crippen LogP contribution >= 0.6 is 0 Å². The summed E-state index contributed by atoms with van der Waals surface area (Å²) in [4.78, 5) is 11.9. The van der Waals surface area contributed by atoms with Crippen LogP contribution in [0.5, 0.6) is 0 Å². The van der Waals surface area contributed by atoms with Crippen molar-refractivity contribution in [1.29, 1.82) is 0 Å². The van der Waals surface area contributed by atoms with Crippen LogP contribution in [0.1, 0.15) is 23.7 Å². The molecule has 0 radical (unpaired) electrons. The second kappa shape index (κ2) is 4.46. The van der Waals surface area contributed by atoms with Gasteiger partial charge in [-0.05, 0) is 18.4 Å². The van der Waals surface area contributed by atoms with E-state index in [1.54, 1.807) is 30.3 Å². The molecule has 0 heterocycles. The molecule has 0 aromatic heterocycles. The van der Waals surface area contributed by atoms with Gasteiger partial charge in [0.1, 0.15) is 0 Å². The van der Waals surface area contributed by atoms with E-state index in [9.17, 15) is 13.2 Å². The number of primary sulfonamides is 1. The molecule has 6 heteroatoms. The van der Waals surface area contributed by atoms with Gasteiger partial charge in [-0.3, -0.25) is 4.79 Å². The first-order chi connectivity index (χ1) is 7.98. The Balaban J connectivity index is 2.28. The summed E-state index contributed by atoms with van der Waals surface area (Å²) in [5.74, 6) is -0.541. The van der Waals surface area contributed by atoms with Gasteiger partial charge in [0.15, 0.2) is 5.25 Å². The predicted octanol–water partition coefficient (Wildman–Crippen LogP) is 0.295. The van der Waals surface area contributed by atoms with Gasteiger partial charge in [-0.15, -0.1) is 0 Å². The standard InChI is InChI=1S/C11H14N2O3S/c12-17(15,16)10(8-4-2-1-3-5-8)11(14)13-9-6-7-9/h1-5,9-10H,6-7H2,(H,13,14)(H2,12,15,16). The summed E-state index contributed by atoms with van der Waals surface area (Å²) in [6.07, 6.45) is 1.80. The Morgan fingerprint density at radius 3 is 2.35 bits per heavy atom. The fourth-order valence-corrected chi connectivity index (χ4v) is 2.53. The van der Waals surface area contributed by atoms with E-state index in [4.69, 9.17) is 5.14 Å². The Labute approximate surface area is 100 Å². The Bertz CT molecular complexity index is 509. The Morgan fingerprint density at radius 2 is 1.88 bits per heavy atom. The minimum Gasteiger partial charge on any atom is -0.352 e. The Hall–Kier alpha value is -1.40. The molecule has 92 valence electrons. The number of carbonyl (C=O) groups is 1. The number of amides is 1. The van der Waals surface area contributed by atoms with Gasteiger partial charge < -0.3 is 5.32 Å². The van der Waals surface area contributed by atoms with Crippen molar-refractivity contribution < 1.29 is 13.2 Å². The van der Waals surface area contributed by atoms with Crippen LogP contribution in [0.2, 0.25) is 0 Å². The van der Waals surface area contributed by atoms with Crippen LogP contribution in [0, 0.1) is 0 Å². The minimum absolute atomic E-state index is 0.107. The zero-order chi connectivity index (χ0) is 12.5. The van der Waals surface area contributed by atoms with Crippen molar-refractivity contribution in [3.63, 3.8) is 0 Å². The van der Waals surface area contributed by atoms with Gasteiger partial charge in [0, 0.05) is 6.04 Å². The molecule has 1 aliphatic rings. The van der Waals surface area contributed by atoms with Crippen molar-refractivity contribution in [2.45, 2.75) is 24.1 Å². The predicted molar refractivity (Wildman–Crippen MR) is 63.5 cm³/mol. The SMILES string of the molecule is NS(=O)(=O)C(C(=O)NC1CC1)c1ccccc1. The lowest BCUT2D eigenvalue weighted by Crippen LogP contribution is -2.37. The molecule has 1 atom stereocenters. The van der Waals surface area contributed by atoms with Gasteiger partial charge in [-0.1, -0.05) is 30.3 Å². The largest absolute Gasteiger partial charge is 0.352 e. The molecule has 5 nitrogen and oxygen atoms in total. The quantitative estimate of drug-likeness (QED) is 0.809. The summed E-state index contributed by atoms with van der Waals surface area (Å²) in [6, 6.07) is 8.39. The number of benzene rings is 1. The van der Waals surface area contributed by atoms with Crippen LogP contribution < -0.4 is 10.5 Å². The van der Waals surface area contributed by atoms with E-state index in [1.165, 1.54) is 0 Å². The highest BCUT2D eigenvalue weighted by Gasteiger charge is 2.34. The van der Waals surface area contributed by atoms with Crippen molar-refractivity contribution in [2.24, 2.45) is 5.14 Å². The smallest absolute Gasteiger partial charge is 0.244 e. The molecule has 0 saturated heterocycles. The lowest BCUT2D eigenvalue weighted by atomic mass is 10.1. The second-order valence-electron chi connectivity index (χ2n) is 4.16. The number of sulfonamides is 1. The van der Waals surface area contributed by atoms with Gasteiger partial charge >= 0.3 is 0 Å². The maximum atomic E-state index is 11.9. The molecule has 1 aliphatic carbocycles. The molecule has 1 saturated carbocycles. The Morgan fingerprint density at radius 1 is 1.29 bits per heavy atom. The summed E-state index contributed by atoms with van der Waals surface area (Å²) in [6.45, 7) is 0. The van der Waals surface area contributed by atoms with E-state index in [1.807, 2.05) is 0 Å². The summed E-state index contributed by atoms with van der Waals surface area (Å²) in [7, 11) is -3.95. The maximum Gasteiger partial charge on any atom is 0.244 e. The zero-order valence-corrected chi connectivity index (χ0v) is 9.98. The van der Waals surface area contributed by atoms with Crippen LogP contribution in [-0.2, 0) is 14.8 Å². The molecular weight excluding hydrogens is 240 g/mol. The van der Waals surface area contributed by atoms with Crippen LogP contribution in [0.4, 0.5) is 0 Å². The van der Waals surface area contributed by atoms with Crippen molar-refractivity contribution in [2.75, 3.05) is 0 Å². The number of carbonyl (C=O) groups excluding carboxylic acids is 1. The first-order valence-electron chi connectivity index (χ1n) is 5.35. The molecule has 1 amide bonds. The van der Waals surface area contributed by atoms with E-state index in [2.05, 4.69) is 5.32 Å². The molecule has 17 heavy (non-hydrogen) atoms. The molecule has 0 aliphatic heterocycles. The van der Waals surface area contributed by atoms with Crippen molar-refractivity contribution in [3.8, 4) is 0 Å². The number of rotatable bonds is 4. The van der Waals surface area contributed by atoms with E-state index in [0.717, 1.165) is 12.8 Å². The van der Waals surface area contributed by atoms with Crippen molar-refractivity contribution in [1.82, 2.24) is 5.32 Å². The van der Waals surface area contributed by atoms with E-state index >= 15 is 0 Å². The highest BCUT2D eigenvalue weighted by molar-refractivity contribution is 7.90. The van der Waals surface area contributed by atoms with Gasteiger partial charge in [0.25, 0.3) is 0 Å². The molecule has 1 fully saturated rings. The third kappa shape index (κ3) is 3.04. The Kier molecular flexibility index (Phi) is 3.17. The summed E-state index contributed by atoms with van der Waals surface area (Å²) >= 11 is 0. The fraction of sp³-hybridized carbons (Fsp3) is 0.364. The van der Waals surface area contributed by atoms with Gasteiger partial charge in [-0.25, -0.2) is 13.6 Å². The maximum absolute atomic E-state index is 11.9. The van der Waals surface area contributed by atoms with Crippen molar-refractivity contribution in [3.05, 3.63) is 35.9 Å². The highest BCUT2D eigenvalue weighted by atomic mass is 32.2. The first-order valence-corrected chi connectivity index (χ1v) is 6.96. The van der Waals surface area contributed by atoms with Gasteiger partial charge in [-0.2, -0.15) is 0 Å². The highest BCUT2D eigenvalue weighted by Crippen LogP contribution is 2.24. The summed E-state index contributed by atoms with van der Waals surface area (Å²) < 4.78 is 23.0. The molecule has 0 bridgehead atoms. The van der Waals surface area contributed by atoms with Crippen LogP contribution in [0.3, 0.4) is 0 Å². The molecular formula is C11H14N2O3S. The van der Waals surface area contributed by atoms with E-state index < -0.39 is 21.2 Å². The molecule has 1 aromatic carbocycles. The minimum atomic E-state index is -3.95. The molecule has 2 rings (SSSR count). The number of hydrogen-bond acceptors (Lipinski definition) is 3.